The van der Waals surface area contributed by atoms with Crippen LogP contribution in [0.3, 0.4) is 0 Å². The number of rotatable bonds is 6. The van der Waals surface area contributed by atoms with E-state index in [0.29, 0.717) is 12.2 Å². The van der Waals surface area contributed by atoms with Gasteiger partial charge >= 0.3 is 0 Å². The van der Waals surface area contributed by atoms with Crippen LogP contribution >= 0.6 is 28.3 Å². The quantitative estimate of drug-likeness (QED) is 0.692. The van der Waals surface area contributed by atoms with Crippen molar-refractivity contribution in [2.45, 2.75) is 6.42 Å². The predicted molar refractivity (Wildman–Crippen MR) is 105 cm³/mol. The summed E-state index contributed by atoms with van der Waals surface area (Å²) in [6.07, 6.45) is 2.76. The predicted octanol–water partition coefficient (Wildman–Crippen LogP) is 2.08. The van der Waals surface area contributed by atoms with Gasteiger partial charge in [-0.25, -0.2) is 4.68 Å². The summed E-state index contributed by atoms with van der Waals surface area (Å²) in [5.41, 5.74) is 1.36. The first-order valence-electron chi connectivity index (χ1n) is 8.25. The molecule has 2 N–H and O–H groups in total. The van der Waals surface area contributed by atoms with Crippen molar-refractivity contribution >= 4 is 34.2 Å². The molecule has 0 unspecified atom stereocenters. The SMILES string of the molecule is Cl.O=C(NCCCN1CCNCC1)c1ccn(-c2cccc(Br)c2)n1. The van der Waals surface area contributed by atoms with Crippen molar-refractivity contribution in [3.05, 3.63) is 46.7 Å². The summed E-state index contributed by atoms with van der Waals surface area (Å²) in [4.78, 5) is 14.6. The van der Waals surface area contributed by atoms with E-state index < -0.39 is 0 Å². The molecule has 1 amide bonds. The van der Waals surface area contributed by atoms with E-state index in [0.717, 1.165) is 49.3 Å². The zero-order chi connectivity index (χ0) is 16.8. The minimum atomic E-state index is -0.121. The van der Waals surface area contributed by atoms with E-state index in [2.05, 4.69) is 36.6 Å². The minimum Gasteiger partial charge on any atom is -0.351 e. The van der Waals surface area contributed by atoms with E-state index in [1.54, 1.807) is 16.9 Å². The molecule has 1 aliphatic heterocycles. The molecule has 3 rings (SSSR count). The Kier molecular flexibility index (Phi) is 7.90. The first kappa shape index (κ1) is 19.9. The van der Waals surface area contributed by atoms with Crippen LogP contribution in [0.5, 0.6) is 0 Å². The van der Waals surface area contributed by atoms with Gasteiger partial charge in [0.1, 0.15) is 0 Å². The van der Waals surface area contributed by atoms with Crippen LogP contribution in [-0.4, -0.2) is 59.9 Å². The van der Waals surface area contributed by atoms with Crippen molar-refractivity contribution in [2.24, 2.45) is 0 Å². The highest BCUT2D eigenvalue weighted by molar-refractivity contribution is 9.10. The van der Waals surface area contributed by atoms with Gasteiger partial charge in [0.05, 0.1) is 5.69 Å². The van der Waals surface area contributed by atoms with Gasteiger partial charge in [0.25, 0.3) is 5.91 Å². The molecular weight excluding hydrogens is 406 g/mol. The van der Waals surface area contributed by atoms with Crippen LogP contribution in [0.4, 0.5) is 0 Å². The molecule has 0 saturated carbocycles. The smallest absolute Gasteiger partial charge is 0.271 e. The summed E-state index contributed by atoms with van der Waals surface area (Å²) >= 11 is 3.44. The second-order valence-corrected chi connectivity index (χ2v) is 6.74. The van der Waals surface area contributed by atoms with Crippen LogP contribution in [0.25, 0.3) is 5.69 Å². The molecule has 136 valence electrons. The van der Waals surface area contributed by atoms with E-state index in [1.165, 1.54) is 0 Å². The highest BCUT2D eigenvalue weighted by Gasteiger charge is 2.11. The number of aromatic nitrogens is 2. The highest BCUT2D eigenvalue weighted by Crippen LogP contribution is 2.15. The summed E-state index contributed by atoms with van der Waals surface area (Å²) in [5.74, 6) is -0.121. The minimum absolute atomic E-state index is 0. The number of benzene rings is 1. The van der Waals surface area contributed by atoms with Gasteiger partial charge in [0.2, 0.25) is 0 Å². The maximum absolute atomic E-state index is 12.2. The van der Waals surface area contributed by atoms with E-state index in [4.69, 9.17) is 0 Å². The van der Waals surface area contributed by atoms with Gasteiger partial charge in [-0.1, -0.05) is 22.0 Å². The fourth-order valence-corrected chi connectivity index (χ4v) is 3.12. The molecule has 2 aromatic rings. The van der Waals surface area contributed by atoms with E-state index >= 15 is 0 Å². The van der Waals surface area contributed by atoms with Crippen LogP contribution in [0.2, 0.25) is 0 Å². The zero-order valence-electron chi connectivity index (χ0n) is 13.9. The summed E-state index contributed by atoms with van der Waals surface area (Å²) < 4.78 is 2.69. The molecule has 8 heteroatoms. The number of nitrogens with one attached hydrogen (secondary N) is 2. The maximum Gasteiger partial charge on any atom is 0.271 e. The Hall–Kier alpha value is -1.41. The van der Waals surface area contributed by atoms with E-state index in [1.807, 2.05) is 24.3 Å². The van der Waals surface area contributed by atoms with Gasteiger partial charge in [-0.3, -0.25) is 4.79 Å². The Labute approximate surface area is 162 Å². The average Bonchev–Trinajstić information content (AvgIpc) is 3.10. The first-order valence-corrected chi connectivity index (χ1v) is 9.04. The second kappa shape index (κ2) is 9.91. The third-order valence-electron chi connectivity index (χ3n) is 4.04. The number of halogens is 2. The van der Waals surface area contributed by atoms with E-state index in [-0.39, 0.29) is 18.3 Å². The highest BCUT2D eigenvalue weighted by atomic mass is 79.9. The third kappa shape index (κ3) is 5.81. The van der Waals surface area contributed by atoms with Crippen LogP contribution < -0.4 is 10.6 Å². The van der Waals surface area contributed by atoms with Crippen molar-refractivity contribution in [1.29, 1.82) is 0 Å². The fourth-order valence-electron chi connectivity index (χ4n) is 2.74. The monoisotopic (exact) mass is 427 g/mol. The lowest BCUT2D eigenvalue weighted by molar-refractivity contribution is 0.0946. The molecular formula is C17H23BrClN5O. The molecule has 25 heavy (non-hydrogen) atoms. The topological polar surface area (TPSA) is 62.2 Å². The Morgan fingerprint density at radius 3 is 2.84 bits per heavy atom. The van der Waals surface area contributed by atoms with Gasteiger partial charge in [-0.05, 0) is 37.2 Å². The van der Waals surface area contributed by atoms with Crippen molar-refractivity contribution in [2.75, 3.05) is 39.3 Å². The number of piperazine rings is 1. The fraction of sp³-hybridized carbons (Fsp3) is 0.412. The zero-order valence-corrected chi connectivity index (χ0v) is 16.4. The lowest BCUT2D eigenvalue weighted by atomic mass is 10.3. The summed E-state index contributed by atoms with van der Waals surface area (Å²) in [6, 6.07) is 9.55. The lowest BCUT2D eigenvalue weighted by Crippen LogP contribution is -2.44. The molecule has 1 aromatic heterocycles. The average molecular weight is 429 g/mol. The number of hydrogen-bond acceptors (Lipinski definition) is 4. The molecule has 0 aliphatic carbocycles. The standard InChI is InChI=1S/C17H22BrN5O.ClH/c18-14-3-1-4-15(13-14)23-10-5-16(21-23)17(24)20-6-2-9-22-11-7-19-8-12-22;/h1,3-5,10,13,19H,2,6-9,11-12H2,(H,20,24);1H. The van der Waals surface area contributed by atoms with Gasteiger partial charge in [-0.2, -0.15) is 5.10 Å². The number of carbonyl (C=O) groups is 1. The van der Waals surface area contributed by atoms with Gasteiger partial charge in [0.15, 0.2) is 5.69 Å². The van der Waals surface area contributed by atoms with Gasteiger partial charge in [-0.15, -0.1) is 12.4 Å². The molecule has 1 aromatic carbocycles. The molecule has 0 radical (unpaired) electrons. The summed E-state index contributed by atoms with van der Waals surface area (Å²) in [6.45, 7) is 5.98. The lowest BCUT2D eigenvalue weighted by Gasteiger charge is -2.26. The Balaban J connectivity index is 0.00000225. The molecule has 1 fully saturated rings. The Morgan fingerprint density at radius 1 is 1.28 bits per heavy atom. The number of nitrogens with zero attached hydrogens (tertiary/aromatic N) is 3. The largest absolute Gasteiger partial charge is 0.351 e. The molecule has 1 saturated heterocycles. The van der Waals surface area contributed by atoms with Crippen LogP contribution in [0.1, 0.15) is 16.9 Å². The van der Waals surface area contributed by atoms with Gasteiger partial charge in [0, 0.05) is 43.4 Å². The Morgan fingerprint density at radius 2 is 2.08 bits per heavy atom. The molecule has 0 bridgehead atoms. The van der Waals surface area contributed by atoms with E-state index in [9.17, 15) is 4.79 Å². The molecule has 6 nitrogen and oxygen atoms in total. The third-order valence-corrected chi connectivity index (χ3v) is 4.53. The van der Waals surface area contributed by atoms with Crippen LogP contribution in [0.15, 0.2) is 41.0 Å². The number of hydrogen-bond donors (Lipinski definition) is 2. The van der Waals surface area contributed by atoms with Crippen LogP contribution in [-0.2, 0) is 0 Å². The molecule has 2 heterocycles. The van der Waals surface area contributed by atoms with Crippen molar-refractivity contribution in [3.8, 4) is 5.69 Å². The van der Waals surface area contributed by atoms with Crippen molar-refractivity contribution in [3.63, 3.8) is 0 Å². The molecule has 0 atom stereocenters. The van der Waals surface area contributed by atoms with Crippen LogP contribution in [0, 0.1) is 0 Å². The Bertz CT molecular complexity index is 687. The maximum atomic E-state index is 12.2. The number of amides is 1. The van der Waals surface area contributed by atoms with Gasteiger partial charge < -0.3 is 15.5 Å². The van der Waals surface area contributed by atoms with Crippen molar-refractivity contribution < 1.29 is 4.79 Å². The summed E-state index contributed by atoms with van der Waals surface area (Å²) in [5, 5.41) is 10.6. The molecule has 1 aliphatic rings. The first-order chi connectivity index (χ1) is 11.7. The number of carbonyl (C=O) groups excluding carboxylic acids is 1. The summed E-state index contributed by atoms with van der Waals surface area (Å²) in [7, 11) is 0. The second-order valence-electron chi connectivity index (χ2n) is 5.83. The normalized spacial score (nSPS) is 14.8. The van der Waals surface area contributed by atoms with Crippen molar-refractivity contribution in [1.82, 2.24) is 25.3 Å². The molecule has 0 spiro atoms.